The van der Waals surface area contributed by atoms with Crippen LogP contribution in [-0.2, 0) is 0 Å². The molecule has 0 atom stereocenters. The molecule has 0 amide bonds. The fourth-order valence-corrected chi connectivity index (χ4v) is 1.20. The molecule has 13 heavy (non-hydrogen) atoms. The van der Waals surface area contributed by atoms with Crippen LogP contribution in [0.2, 0.25) is 0 Å². The van der Waals surface area contributed by atoms with Crippen molar-refractivity contribution in [2.45, 2.75) is 6.92 Å². The second-order valence-corrected chi connectivity index (χ2v) is 2.65. The lowest BCUT2D eigenvalue weighted by Gasteiger charge is -2.03. The Kier molecular flexibility index (Phi) is 2.47. The number of nitrogens with zero attached hydrogens (tertiary/aromatic N) is 2. The van der Waals surface area contributed by atoms with Crippen molar-refractivity contribution in [3.05, 3.63) is 41.0 Å². The Morgan fingerprint density at radius 2 is 2.00 bits per heavy atom. The van der Waals surface area contributed by atoms with Crippen LogP contribution in [0.5, 0.6) is 0 Å². The van der Waals surface area contributed by atoms with Gasteiger partial charge in [-0.25, -0.2) is 0 Å². The number of nitriles is 2. The van der Waals surface area contributed by atoms with Crippen LogP contribution >= 0.6 is 0 Å². The number of rotatable bonds is 1. The molecule has 1 aromatic carbocycles. The number of aryl methyl sites for hydroxylation is 1. The number of hydrogen-bond acceptors (Lipinski definition) is 2. The van der Waals surface area contributed by atoms with E-state index >= 15 is 0 Å². The monoisotopic (exact) mass is 168 g/mol. The summed E-state index contributed by atoms with van der Waals surface area (Å²) < 4.78 is 0. The highest BCUT2D eigenvalue weighted by molar-refractivity contribution is 5.65. The third-order valence-corrected chi connectivity index (χ3v) is 1.90. The Balaban J connectivity index is 3.59. The van der Waals surface area contributed by atoms with Crippen molar-refractivity contribution >= 4 is 6.08 Å². The van der Waals surface area contributed by atoms with Crippen molar-refractivity contribution in [2.24, 2.45) is 0 Å². The molecule has 1 aromatic rings. The lowest BCUT2D eigenvalue weighted by Crippen LogP contribution is -1.91. The Bertz CT molecular complexity index is 431. The number of hydrogen-bond donors (Lipinski definition) is 0. The number of benzene rings is 1. The molecule has 0 N–H and O–H groups in total. The summed E-state index contributed by atoms with van der Waals surface area (Å²) in [6.07, 6.45) is 1.61. The lowest BCUT2D eigenvalue weighted by molar-refractivity contribution is 1.36. The van der Waals surface area contributed by atoms with Gasteiger partial charge in [-0.2, -0.15) is 10.5 Å². The van der Waals surface area contributed by atoms with E-state index in [1.165, 1.54) is 0 Å². The second-order valence-electron chi connectivity index (χ2n) is 2.65. The first kappa shape index (κ1) is 9.03. The minimum absolute atomic E-state index is 0.406. The van der Waals surface area contributed by atoms with Crippen LogP contribution < -0.4 is 0 Å². The van der Waals surface area contributed by atoms with E-state index in [-0.39, 0.29) is 0 Å². The second kappa shape index (κ2) is 3.56. The van der Waals surface area contributed by atoms with Crippen LogP contribution in [0.15, 0.2) is 18.7 Å². The highest BCUT2D eigenvalue weighted by Crippen LogP contribution is 2.18. The van der Waals surface area contributed by atoms with Crippen molar-refractivity contribution in [3.63, 3.8) is 0 Å². The molecule has 0 spiro atoms. The minimum Gasteiger partial charge on any atom is -0.192 e. The summed E-state index contributed by atoms with van der Waals surface area (Å²) in [5.74, 6) is 0. The third kappa shape index (κ3) is 1.43. The largest absolute Gasteiger partial charge is 0.192 e. The maximum atomic E-state index is 8.84. The standard InChI is InChI=1S/C11H8N2/c1-3-10-8(2)4-5-9(6-12)11(10)7-13/h3-5H,1H2,2H3. The molecule has 0 aromatic heterocycles. The van der Waals surface area contributed by atoms with Crippen LogP contribution in [0.25, 0.3) is 6.08 Å². The summed E-state index contributed by atoms with van der Waals surface area (Å²) in [6.45, 7) is 5.50. The van der Waals surface area contributed by atoms with Gasteiger partial charge < -0.3 is 0 Å². The van der Waals surface area contributed by atoms with Crippen LogP contribution in [0, 0.1) is 29.6 Å². The normalized spacial score (nSPS) is 8.54. The zero-order chi connectivity index (χ0) is 9.84. The average molecular weight is 168 g/mol. The summed E-state index contributed by atoms with van der Waals surface area (Å²) in [7, 11) is 0. The maximum Gasteiger partial charge on any atom is 0.101 e. The Hall–Kier alpha value is -2.06. The molecule has 0 radical (unpaired) electrons. The molecule has 0 fully saturated rings. The van der Waals surface area contributed by atoms with E-state index in [9.17, 15) is 0 Å². The van der Waals surface area contributed by atoms with Crippen LogP contribution in [0.4, 0.5) is 0 Å². The Morgan fingerprint density at radius 3 is 2.46 bits per heavy atom. The molecule has 0 saturated carbocycles. The van der Waals surface area contributed by atoms with E-state index in [1.54, 1.807) is 12.1 Å². The maximum absolute atomic E-state index is 8.84. The summed E-state index contributed by atoms with van der Waals surface area (Å²) >= 11 is 0. The first-order valence-electron chi connectivity index (χ1n) is 3.80. The molecule has 2 nitrogen and oxygen atoms in total. The molecular formula is C11H8N2. The van der Waals surface area contributed by atoms with Gasteiger partial charge in [0.05, 0.1) is 11.1 Å². The van der Waals surface area contributed by atoms with Gasteiger partial charge in [-0.15, -0.1) is 0 Å². The topological polar surface area (TPSA) is 47.6 Å². The van der Waals surface area contributed by atoms with E-state index in [0.29, 0.717) is 11.1 Å². The van der Waals surface area contributed by atoms with Crippen LogP contribution in [-0.4, -0.2) is 0 Å². The van der Waals surface area contributed by atoms with E-state index < -0.39 is 0 Å². The van der Waals surface area contributed by atoms with E-state index in [1.807, 2.05) is 25.1 Å². The van der Waals surface area contributed by atoms with E-state index in [2.05, 4.69) is 6.58 Å². The van der Waals surface area contributed by atoms with E-state index in [0.717, 1.165) is 11.1 Å². The van der Waals surface area contributed by atoms with E-state index in [4.69, 9.17) is 10.5 Å². The van der Waals surface area contributed by atoms with Gasteiger partial charge in [0.2, 0.25) is 0 Å². The molecule has 0 aliphatic carbocycles. The fourth-order valence-electron chi connectivity index (χ4n) is 1.20. The summed E-state index contributed by atoms with van der Waals surface area (Å²) in [5, 5.41) is 17.6. The van der Waals surface area contributed by atoms with Gasteiger partial charge in [-0.3, -0.25) is 0 Å². The van der Waals surface area contributed by atoms with Crippen molar-refractivity contribution in [3.8, 4) is 12.1 Å². The van der Waals surface area contributed by atoms with Gasteiger partial charge in [-0.05, 0) is 24.1 Å². The predicted octanol–water partition coefficient (Wildman–Crippen LogP) is 2.38. The molecule has 0 bridgehead atoms. The molecule has 2 heteroatoms. The Morgan fingerprint density at radius 1 is 1.31 bits per heavy atom. The zero-order valence-electron chi connectivity index (χ0n) is 7.33. The third-order valence-electron chi connectivity index (χ3n) is 1.90. The molecule has 0 heterocycles. The van der Waals surface area contributed by atoms with Crippen molar-refractivity contribution in [1.29, 1.82) is 10.5 Å². The lowest BCUT2D eigenvalue weighted by atomic mass is 9.98. The summed E-state index contributed by atoms with van der Waals surface area (Å²) in [5.41, 5.74) is 2.53. The van der Waals surface area contributed by atoms with Gasteiger partial charge >= 0.3 is 0 Å². The van der Waals surface area contributed by atoms with Gasteiger partial charge in [0, 0.05) is 0 Å². The van der Waals surface area contributed by atoms with Crippen molar-refractivity contribution in [2.75, 3.05) is 0 Å². The molecule has 1 rings (SSSR count). The molecule has 0 aliphatic rings. The quantitative estimate of drug-likeness (QED) is 0.646. The smallest absolute Gasteiger partial charge is 0.101 e. The first-order chi connectivity index (χ1) is 6.24. The molecule has 0 saturated heterocycles. The van der Waals surface area contributed by atoms with Crippen molar-refractivity contribution in [1.82, 2.24) is 0 Å². The van der Waals surface area contributed by atoms with Gasteiger partial charge in [-0.1, -0.05) is 18.7 Å². The fraction of sp³-hybridized carbons (Fsp3) is 0.0909. The highest BCUT2D eigenvalue weighted by Gasteiger charge is 2.07. The Labute approximate surface area is 77.4 Å². The molecule has 62 valence electrons. The first-order valence-corrected chi connectivity index (χ1v) is 3.80. The molecule has 0 aliphatic heterocycles. The summed E-state index contributed by atoms with van der Waals surface area (Å²) in [6, 6.07) is 7.46. The summed E-state index contributed by atoms with van der Waals surface area (Å²) in [4.78, 5) is 0. The van der Waals surface area contributed by atoms with Gasteiger partial charge in [0.1, 0.15) is 12.1 Å². The zero-order valence-corrected chi connectivity index (χ0v) is 7.33. The molecular weight excluding hydrogens is 160 g/mol. The predicted molar refractivity (Wildman–Crippen MR) is 50.7 cm³/mol. The highest BCUT2D eigenvalue weighted by atomic mass is 14.3. The van der Waals surface area contributed by atoms with Gasteiger partial charge in [0.25, 0.3) is 0 Å². The van der Waals surface area contributed by atoms with Crippen LogP contribution in [0.3, 0.4) is 0 Å². The minimum atomic E-state index is 0.406. The SMILES string of the molecule is C=Cc1c(C)ccc(C#N)c1C#N. The van der Waals surface area contributed by atoms with Crippen molar-refractivity contribution < 1.29 is 0 Å². The molecule has 0 unspecified atom stereocenters. The van der Waals surface area contributed by atoms with Crippen LogP contribution in [0.1, 0.15) is 22.3 Å². The van der Waals surface area contributed by atoms with Gasteiger partial charge in [0.15, 0.2) is 0 Å². The average Bonchev–Trinajstić information content (AvgIpc) is 2.17.